The Labute approximate surface area is 188 Å². The van der Waals surface area contributed by atoms with Crippen molar-refractivity contribution in [1.82, 2.24) is 5.32 Å². The number of carbonyl (C=O) groups is 2. The molecule has 0 bridgehead atoms. The van der Waals surface area contributed by atoms with E-state index in [1.807, 2.05) is 36.4 Å². The molecule has 0 spiro atoms. The molecule has 0 fully saturated rings. The van der Waals surface area contributed by atoms with Crippen LogP contribution in [0, 0.1) is 5.82 Å². The minimum absolute atomic E-state index is 0.157. The number of nitrogens with one attached hydrogen (secondary N) is 1. The van der Waals surface area contributed by atoms with E-state index in [-0.39, 0.29) is 24.9 Å². The summed E-state index contributed by atoms with van der Waals surface area (Å²) in [6.07, 6.45) is 1.52. The SMILES string of the molecule is O=C(CN1C(=O)/C(=C/c2ccccc2F)Sc2ccccc21)NCc1ccccc1Cl. The summed E-state index contributed by atoms with van der Waals surface area (Å²) in [5.74, 6) is -1.08. The second-order valence-electron chi connectivity index (χ2n) is 6.86. The van der Waals surface area contributed by atoms with Gasteiger partial charge in [-0.15, -0.1) is 0 Å². The Morgan fingerprint density at radius 2 is 1.74 bits per heavy atom. The van der Waals surface area contributed by atoms with E-state index in [2.05, 4.69) is 5.32 Å². The van der Waals surface area contributed by atoms with Crippen molar-refractivity contribution in [2.24, 2.45) is 0 Å². The highest BCUT2D eigenvalue weighted by Gasteiger charge is 2.30. The van der Waals surface area contributed by atoms with Crippen molar-refractivity contribution in [1.29, 1.82) is 0 Å². The van der Waals surface area contributed by atoms with Crippen molar-refractivity contribution in [2.45, 2.75) is 11.4 Å². The Balaban J connectivity index is 1.57. The van der Waals surface area contributed by atoms with Gasteiger partial charge < -0.3 is 5.32 Å². The molecule has 4 nitrogen and oxygen atoms in total. The van der Waals surface area contributed by atoms with Gasteiger partial charge in [0, 0.05) is 22.0 Å². The summed E-state index contributed by atoms with van der Waals surface area (Å²) < 4.78 is 14.1. The topological polar surface area (TPSA) is 49.4 Å². The summed E-state index contributed by atoms with van der Waals surface area (Å²) in [4.78, 5) is 28.4. The number of para-hydroxylation sites is 1. The lowest BCUT2D eigenvalue weighted by molar-refractivity contribution is -0.122. The van der Waals surface area contributed by atoms with E-state index >= 15 is 0 Å². The van der Waals surface area contributed by atoms with Crippen LogP contribution in [0.4, 0.5) is 10.1 Å². The first-order chi connectivity index (χ1) is 15.0. The molecule has 1 N–H and O–H groups in total. The molecule has 0 saturated carbocycles. The average molecular weight is 453 g/mol. The lowest BCUT2D eigenvalue weighted by atomic mass is 10.2. The van der Waals surface area contributed by atoms with Crippen LogP contribution in [0.3, 0.4) is 0 Å². The lowest BCUT2D eigenvalue weighted by Crippen LogP contribution is -2.42. The second-order valence-corrected chi connectivity index (χ2v) is 8.35. The molecule has 0 saturated heterocycles. The van der Waals surface area contributed by atoms with Gasteiger partial charge in [-0.3, -0.25) is 14.5 Å². The Morgan fingerprint density at radius 1 is 1.03 bits per heavy atom. The number of hydrogen-bond donors (Lipinski definition) is 1. The average Bonchev–Trinajstić information content (AvgIpc) is 2.77. The number of fused-ring (bicyclic) bond motifs is 1. The first-order valence-corrected chi connectivity index (χ1v) is 10.8. The summed E-state index contributed by atoms with van der Waals surface area (Å²) >= 11 is 7.41. The van der Waals surface area contributed by atoms with E-state index in [0.29, 0.717) is 21.2 Å². The number of benzene rings is 3. The third kappa shape index (κ3) is 4.81. The number of carbonyl (C=O) groups excluding carboxylic acids is 2. The van der Waals surface area contributed by atoms with Crippen LogP contribution in [0.25, 0.3) is 6.08 Å². The molecule has 156 valence electrons. The van der Waals surface area contributed by atoms with E-state index < -0.39 is 5.82 Å². The number of anilines is 1. The standard InChI is InChI=1S/C24H18ClFN2O2S/c25-18-9-3-1-8-17(18)14-27-23(29)15-28-20-11-5-6-12-21(20)31-22(24(28)30)13-16-7-2-4-10-19(16)26/h1-13H,14-15H2,(H,27,29)/b22-13-. The Kier molecular flexibility index (Phi) is 6.39. The third-order valence-corrected chi connectivity index (χ3v) is 6.21. The van der Waals surface area contributed by atoms with Gasteiger partial charge in [0.2, 0.25) is 5.91 Å². The highest BCUT2D eigenvalue weighted by molar-refractivity contribution is 8.04. The van der Waals surface area contributed by atoms with Crippen LogP contribution in [0.1, 0.15) is 11.1 Å². The highest BCUT2D eigenvalue weighted by atomic mass is 35.5. The zero-order valence-corrected chi connectivity index (χ0v) is 17.9. The maximum absolute atomic E-state index is 14.1. The van der Waals surface area contributed by atoms with Crippen molar-refractivity contribution in [3.05, 3.63) is 99.7 Å². The first kappa shape index (κ1) is 21.2. The van der Waals surface area contributed by atoms with E-state index in [4.69, 9.17) is 11.6 Å². The highest BCUT2D eigenvalue weighted by Crippen LogP contribution is 2.42. The molecule has 1 heterocycles. The molecule has 1 aliphatic heterocycles. The maximum atomic E-state index is 14.1. The molecule has 2 amide bonds. The minimum Gasteiger partial charge on any atom is -0.350 e. The molecule has 0 radical (unpaired) electrons. The minimum atomic E-state index is -0.411. The van der Waals surface area contributed by atoms with Crippen LogP contribution in [0.2, 0.25) is 5.02 Å². The zero-order chi connectivity index (χ0) is 21.8. The van der Waals surface area contributed by atoms with Crippen molar-refractivity contribution >= 4 is 46.9 Å². The Bertz CT molecular complexity index is 1180. The second kappa shape index (κ2) is 9.37. The third-order valence-electron chi connectivity index (χ3n) is 4.76. The smallest absolute Gasteiger partial charge is 0.265 e. The normalized spacial score (nSPS) is 14.5. The summed E-state index contributed by atoms with van der Waals surface area (Å²) in [6, 6.07) is 20.8. The van der Waals surface area contributed by atoms with Crippen LogP contribution in [-0.4, -0.2) is 18.4 Å². The predicted octanol–water partition coefficient (Wildman–Crippen LogP) is 5.28. The fraction of sp³-hybridized carbons (Fsp3) is 0.0833. The van der Waals surface area contributed by atoms with E-state index in [0.717, 1.165) is 10.5 Å². The molecule has 0 aliphatic carbocycles. The van der Waals surface area contributed by atoms with Gasteiger partial charge in [0.05, 0.1) is 10.6 Å². The molecule has 4 rings (SSSR count). The summed E-state index contributed by atoms with van der Waals surface area (Å²) in [6.45, 7) is 0.102. The summed E-state index contributed by atoms with van der Waals surface area (Å²) in [5, 5.41) is 3.37. The van der Waals surface area contributed by atoms with Gasteiger partial charge in [0.1, 0.15) is 12.4 Å². The van der Waals surface area contributed by atoms with Gasteiger partial charge in [0.15, 0.2) is 0 Å². The first-order valence-electron chi connectivity index (χ1n) is 9.58. The molecular weight excluding hydrogens is 435 g/mol. The number of thioether (sulfide) groups is 1. The van der Waals surface area contributed by atoms with Gasteiger partial charge in [-0.25, -0.2) is 4.39 Å². The molecular formula is C24H18ClFN2O2S. The van der Waals surface area contributed by atoms with Crippen LogP contribution in [0.15, 0.2) is 82.6 Å². The number of amides is 2. The van der Waals surface area contributed by atoms with Crippen LogP contribution in [-0.2, 0) is 16.1 Å². The maximum Gasteiger partial charge on any atom is 0.265 e. The van der Waals surface area contributed by atoms with E-state index in [9.17, 15) is 14.0 Å². The fourth-order valence-corrected chi connectivity index (χ4v) is 4.44. The lowest BCUT2D eigenvalue weighted by Gasteiger charge is -2.29. The molecule has 3 aromatic rings. The molecule has 31 heavy (non-hydrogen) atoms. The summed E-state index contributed by atoms with van der Waals surface area (Å²) in [7, 11) is 0. The van der Waals surface area contributed by atoms with Crippen molar-refractivity contribution < 1.29 is 14.0 Å². The van der Waals surface area contributed by atoms with Gasteiger partial charge in [-0.2, -0.15) is 0 Å². The molecule has 7 heteroatoms. The zero-order valence-electron chi connectivity index (χ0n) is 16.3. The molecule has 0 atom stereocenters. The van der Waals surface area contributed by atoms with Crippen LogP contribution < -0.4 is 10.2 Å². The van der Waals surface area contributed by atoms with Gasteiger partial charge in [0.25, 0.3) is 5.91 Å². The summed E-state index contributed by atoms with van der Waals surface area (Å²) in [5.41, 5.74) is 1.76. The van der Waals surface area contributed by atoms with Gasteiger partial charge in [-0.05, 0) is 35.9 Å². The van der Waals surface area contributed by atoms with Crippen LogP contribution in [0.5, 0.6) is 0 Å². The Hall–Kier alpha value is -3.09. The molecule has 0 unspecified atom stereocenters. The van der Waals surface area contributed by atoms with Crippen molar-refractivity contribution in [2.75, 3.05) is 11.4 Å². The van der Waals surface area contributed by atoms with Crippen molar-refractivity contribution in [3.8, 4) is 0 Å². The van der Waals surface area contributed by atoms with Gasteiger partial charge >= 0.3 is 0 Å². The number of rotatable bonds is 5. The predicted molar refractivity (Wildman–Crippen MR) is 122 cm³/mol. The largest absolute Gasteiger partial charge is 0.350 e. The number of halogens is 2. The van der Waals surface area contributed by atoms with Crippen LogP contribution >= 0.6 is 23.4 Å². The monoisotopic (exact) mass is 452 g/mol. The Morgan fingerprint density at radius 3 is 2.55 bits per heavy atom. The van der Waals surface area contributed by atoms with Crippen molar-refractivity contribution in [3.63, 3.8) is 0 Å². The number of hydrogen-bond acceptors (Lipinski definition) is 3. The van der Waals surface area contributed by atoms with E-state index in [1.54, 1.807) is 30.3 Å². The molecule has 3 aromatic carbocycles. The fourth-order valence-electron chi connectivity index (χ4n) is 3.19. The molecule has 1 aliphatic rings. The van der Waals surface area contributed by atoms with Gasteiger partial charge in [-0.1, -0.05) is 71.9 Å². The van der Waals surface area contributed by atoms with E-state index in [1.165, 1.54) is 28.8 Å². The quantitative estimate of drug-likeness (QED) is 0.536. The molecule has 0 aromatic heterocycles. The number of nitrogens with zero attached hydrogens (tertiary/aromatic N) is 1.